The van der Waals surface area contributed by atoms with Gasteiger partial charge in [-0.1, -0.05) is 71.1 Å². The molecule has 51 heavy (non-hydrogen) atoms. The molecule has 3 fully saturated rings. The summed E-state index contributed by atoms with van der Waals surface area (Å²) in [7, 11) is 1.78. The largest absolute Gasteiger partial charge is 0.346 e. The zero-order valence-electron chi connectivity index (χ0n) is 32.0. The number of carbonyl (C=O) groups excluding carboxylic acids is 6. The second-order valence-corrected chi connectivity index (χ2v) is 15.8. The molecule has 2 heterocycles. The number of rotatable bonds is 15. The van der Waals surface area contributed by atoms with Gasteiger partial charge in [-0.2, -0.15) is 0 Å². The molecule has 13 heteroatoms. The average molecular weight is 714 g/mol. The molecule has 2 saturated heterocycles. The maximum Gasteiger partial charge on any atom is 0.319 e. The van der Waals surface area contributed by atoms with E-state index in [0.29, 0.717) is 39.0 Å². The van der Waals surface area contributed by atoms with Crippen LogP contribution >= 0.6 is 0 Å². The van der Waals surface area contributed by atoms with Gasteiger partial charge in [-0.25, -0.2) is 9.59 Å². The normalized spacial score (nSPS) is 21.6. The third-order valence-corrected chi connectivity index (χ3v) is 10.3. The number of allylic oxidation sites excluding steroid dienone is 1. The zero-order chi connectivity index (χ0) is 37.9. The van der Waals surface area contributed by atoms with Crippen molar-refractivity contribution in [1.82, 2.24) is 36.0 Å². The van der Waals surface area contributed by atoms with Gasteiger partial charge in [0.15, 0.2) is 0 Å². The van der Waals surface area contributed by atoms with Gasteiger partial charge in [-0.15, -0.1) is 6.58 Å². The number of hydrogen-bond acceptors (Lipinski definition) is 6. The molecule has 13 nitrogen and oxygen atoms in total. The van der Waals surface area contributed by atoms with Gasteiger partial charge in [0.25, 0.3) is 5.91 Å². The smallest absolute Gasteiger partial charge is 0.319 e. The first-order valence-electron chi connectivity index (χ1n) is 18.8. The molecule has 0 radical (unpaired) electrons. The minimum absolute atomic E-state index is 0.0718. The van der Waals surface area contributed by atoms with Gasteiger partial charge in [0.2, 0.25) is 17.6 Å². The van der Waals surface area contributed by atoms with Gasteiger partial charge in [0.05, 0.1) is 12.1 Å². The van der Waals surface area contributed by atoms with Crippen LogP contribution in [0.25, 0.3) is 0 Å². The highest BCUT2D eigenvalue weighted by atomic mass is 16.2. The first-order chi connectivity index (χ1) is 24.1. The van der Waals surface area contributed by atoms with Crippen LogP contribution in [-0.2, 0) is 19.2 Å². The Labute approximate surface area is 304 Å². The molecule has 1 saturated carbocycles. The van der Waals surface area contributed by atoms with Crippen molar-refractivity contribution in [3.63, 3.8) is 0 Å². The quantitative estimate of drug-likeness (QED) is 0.150. The van der Waals surface area contributed by atoms with Crippen molar-refractivity contribution in [2.24, 2.45) is 17.3 Å². The van der Waals surface area contributed by atoms with E-state index in [1.807, 2.05) is 47.6 Å². The van der Waals surface area contributed by atoms with Crippen LogP contribution < -0.4 is 21.3 Å². The first-order valence-corrected chi connectivity index (χ1v) is 18.8. The van der Waals surface area contributed by atoms with Crippen LogP contribution in [0.2, 0.25) is 0 Å². The Kier molecular flexibility index (Phi) is 15.5. The van der Waals surface area contributed by atoms with Crippen LogP contribution in [0, 0.1) is 17.3 Å². The van der Waals surface area contributed by atoms with Gasteiger partial charge in [-0.05, 0) is 57.3 Å². The highest BCUT2D eigenvalue weighted by Gasteiger charge is 2.46. The monoisotopic (exact) mass is 713 g/mol. The van der Waals surface area contributed by atoms with Crippen molar-refractivity contribution in [1.29, 1.82) is 0 Å². The minimum atomic E-state index is -1.05. The number of carbonyl (C=O) groups is 6. The first kappa shape index (κ1) is 41.5. The summed E-state index contributed by atoms with van der Waals surface area (Å²) >= 11 is 0. The molecule has 5 atom stereocenters. The molecule has 1 aliphatic carbocycles. The Bertz CT molecular complexity index is 1300. The van der Waals surface area contributed by atoms with Crippen molar-refractivity contribution in [2.75, 3.05) is 39.8 Å². The summed E-state index contributed by atoms with van der Waals surface area (Å²) < 4.78 is 0. The summed E-state index contributed by atoms with van der Waals surface area (Å²) in [5.41, 5.74) is 0.605. The predicted molar refractivity (Wildman–Crippen MR) is 198 cm³/mol. The lowest BCUT2D eigenvalue weighted by Gasteiger charge is -2.40. The van der Waals surface area contributed by atoms with Gasteiger partial charge >= 0.3 is 12.1 Å². The molecule has 0 aromatic heterocycles. The molecular weight excluding hydrogens is 650 g/mol. The Morgan fingerprint density at radius 3 is 2.24 bits per heavy atom. The van der Waals surface area contributed by atoms with Crippen LogP contribution in [0.15, 0.2) is 24.3 Å². The van der Waals surface area contributed by atoms with Crippen LogP contribution in [0.3, 0.4) is 0 Å². The number of amides is 7. The molecule has 0 spiro atoms. The fraction of sp³-hybridized carbons (Fsp3) is 0.737. The Morgan fingerprint density at radius 2 is 1.63 bits per heavy atom. The van der Waals surface area contributed by atoms with Crippen molar-refractivity contribution < 1.29 is 28.8 Å². The lowest BCUT2D eigenvalue weighted by Crippen LogP contribution is -2.62. The molecule has 286 valence electrons. The fourth-order valence-electron chi connectivity index (χ4n) is 7.45. The lowest BCUT2D eigenvalue weighted by atomic mass is 9.83. The fourth-order valence-corrected chi connectivity index (χ4v) is 7.45. The zero-order valence-corrected chi connectivity index (χ0v) is 32.0. The van der Waals surface area contributed by atoms with E-state index < -0.39 is 41.8 Å². The van der Waals surface area contributed by atoms with Crippen molar-refractivity contribution in [3.8, 4) is 0 Å². The summed E-state index contributed by atoms with van der Waals surface area (Å²) in [5, 5.41) is 11.4. The van der Waals surface area contributed by atoms with Crippen molar-refractivity contribution >= 4 is 35.6 Å². The van der Waals surface area contributed by atoms with E-state index in [1.54, 1.807) is 21.7 Å². The van der Waals surface area contributed by atoms with E-state index in [2.05, 4.69) is 27.8 Å². The average Bonchev–Trinajstić information content (AvgIpc) is 3.49. The molecule has 0 aromatic rings. The predicted octanol–water partition coefficient (Wildman–Crippen LogP) is 3.75. The van der Waals surface area contributed by atoms with Crippen LogP contribution in [-0.4, -0.2) is 114 Å². The molecule has 7 amide bonds. The van der Waals surface area contributed by atoms with E-state index in [0.717, 1.165) is 44.1 Å². The summed E-state index contributed by atoms with van der Waals surface area (Å²) in [6, 6.07) is -3.78. The second-order valence-electron chi connectivity index (χ2n) is 15.8. The van der Waals surface area contributed by atoms with E-state index in [9.17, 15) is 28.8 Å². The van der Waals surface area contributed by atoms with E-state index >= 15 is 0 Å². The molecule has 1 unspecified atom stereocenters. The number of urea groups is 2. The van der Waals surface area contributed by atoms with Gasteiger partial charge in [0.1, 0.15) is 12.1 Å². The van der Waals surface area contributed by atoms with Crippen LogP contribution in [0.4, 0.5) is 9.59 Å². The Balaban J connectivity index is 1.88. The summed E-state index contributed by atoms with van der Waals surface area (Å²) in [6.07, 6.45) is 10.1. The number of likely N-dealkylation sites (tertiary alicyclic amines) is 1. The molecule has 0 aromatic carbocycles. The number of nitrogens with zero attached hydrogens (tertiary/aromatic N) is 3. The molecule has 3 aliphatic rings. The third kappa shape index (κ3) is 11.6. The summed E-state index contributed by atoms with van der Waals surface area (Å²) in [6.45, 7) is 17.4. The number of hydrogen-bond donors (Lipinski definition) is 4. The van der Waals surface area contributed by atoms with E-state index in [-0.39, 0.29) is 48.2 Å². The summed E-state index contributed by atoms with van der Waals surface area (Å²) in [4.78, 5) is 86.2. The van der Waals surface area contributed by atoms with Crippen LogP contribution in [0.5, 0.6) is 0 Å². The third-order valence-electron chi connectivity index (χ3n) is 10.3. The number of nitrogens with one attached hydrogen (secondary N) is 4. The molecule has 2 aliphatic heterocycles. The topological polar surface area (TPSA) is 160 Å². The van der Waals surface area contributed by atoms with Crippen LogP contribution in [0.1, 0.15) is 99.3 Å². The standard InChI is InChI=1S/C38H63N7O6/c1-9-15-28(32(46)34(48)39-19-10-2)40-33(47)31-27(23-25(3)4)18-22-45(31)35(49)30(26-16-12-11-13-17-26)42-36(50)41-29(38(5,6)7)24-44-21-14-20-43(8)37(44)51/h10,23,26-31H,2,9,11-22,24H2,1,3-8H3,(H,39,48)(H,40,47)(H2,41,42,50)/t27-,28?,29-,30+,31+/m1/s1. The van der Waals surface area contributed by atoms with Gasteiger partial charge in [0, 0.05) is 45.7 Å². The van der Waals surface area contributed by atoms with Crippen molar-refractivity contribution in [3.05, 3.63) is 24.3 Å². The maximum absolute atomic E-state index is 14.7. The lowest BCUT2D eigenvalue weighted by molar-refractivity contribution is -0.143. The molecule has 0 bridgehead atoms. The van der Waals surface area contributed by atoms with Crippen molar-refractivity contribution in [2.45, 2.75) is 123 Å². The molecule has 4 N–H and O–H groups in total. The highest BCUT2D eigenvalue weighted by molar-refractivity contribution is 6.38. The molecule has 3 rings (SSSR count). The van der Waals surface area contributed by atoms with E-state index in [1.165, 1.54) is 6.08 Å². The second kappa shape index (κ2) is 19.1. The number of Topliss-reactive ketones (excluding diaryl/α,β-unsaturated/α-hetero) is 1. The van der Waals surface area contributed by atoms with E-state index in [4.69, 9.17) is 0 Å². The van der Waals surface area contributed by atoms with Gasteiger partial charge in [-0.3, -0.25) is 19.2 Å². The molecular formula is C38H63N7O6. The SMILES string of the molecule is C=CCNC(=O)C(=O)C(CCC)NC(=O)[C@@H]1[C@@H](C=C(C)C)CCN1C(=O)[C@@H](NC(=O)N[C@H](CN1CCCN(C)C1=O)C(C)(C)C)C1CCCCC1. The van der Waals surface area contributed by atoms with Gasteiger partial charge < -0.3 is 36.0 Å². The Hall–Kier alpha value is -3.90. The number of ketones is 1. The maximum atomic E-state index is 14.7. The minimum Gasteiger partial charge on any atom is -0.346 e. The Morgan fingerprint density at radius 1 is 0.941 bits per heavy atom. The summed E-state index contributed by atoms with van der Waals surface area (Å²) in [5.74, 6) is -2.79. The highest BCUT2D eigenvalue weighted by Crippen LogP contribution is 2.32.